The lowest BCUT2D eigenvalue weighted by Crippen LogP contribution is -2.22. The van der Waals surface area contributed by atoms with Gasteiger partial charge in [0.15, 0.2) is 5.96 Å². The van der Waals surface area contributed by atoms with Crippen LogP contribution in [0.25, 0.3) is 0 Å². The van der Waals surface area contributed by atoms with Gasteiger partial charge in [-0.3, -0.25) is 0 Å². The highest BCUT2D eigenvalue weighted by atomic mass is 32.2. The lowest BCUT2D eigenvalue weighted by Gasteiger charge is -2.16. The Kier molecular flexibility index (Phi) is 6.09. The van der Waals surface area contributed by atoms with Crippen molar-refractivity contribution in [3.8, 4) is 5.75 Å². The first-order valence-corrected chi connectivity index (χ1v) is 8.52. The fourth-order valence-corrected chi connectivity index (χ4v) is 2.91. The molecule has 0 bridgehead atoms. The molecule has 24 heavy (non-hydrogen) atoms. The Morgan fingerprint density at radius 1 is 1.25 bits per heavy atom. The molecular weight excluding hydrogens is 320 g/mol. The average Bonchev–Trinajstić information content (AvgIpc) is 2.52. The number of nitrogens with two attached hydrogens (primary N) is 1. The molecule has 0 atom stereocenters. The van der Waals surface area contributed by atoms with E-state index in [9.17, 15) is 0 Å². The number of hydrogen-bond donors (Lipinski definition) is 2. The van der Waals surface area contributed by atoms with Crippen LogP contribution in [0.5, 0.6) is 5.75 Å². The Morgan fingerprint density at radius 2 is 1.96 bits per heavy atom. The van der Waals surface area contributed by atoms with Crippen molar-refractivity contribution in [3.63, 3.8) is 0 Å². The molecule has 0 radical (unpaired) electrons. The van der Waals surface area contributed by atoms with Gasteiger partial charge in [0, 0.05) is 16.6 Å². The predicted molar refractivity (Wildman–Crippen MR) is 102 cm³/mol. The van der Waals surface area contributed by atoms with Gasteiger partial charge in [0.1, 0.15) is 5.75 Å². The third-order valence-corrected chi connectivity index (χ3v) is 4.05. The molecule has 6 heteroatoms. The van der Waals surface area contributed by atoms with Crippen LogP contribution in [0.2, 0.25) is 0 Å². The molecule has 1 aromatic heterocycles. The zero-order valence-electron chi connectivity index (χ0n) is 14.5. The maximum absolute atomic E-state index is 5.95. The molecule has 1 aromatic carbocycles. The smallest absolute Gasteiger partial charge is 0.193 e. The number of ether oxygens (including phenoxy) is 1. The Labute approximate surface area is 147 Å². The van der Waals surface area contributed by atoms with E-state index in [1.54, 1.807) is 18.9 Å². The van der Waals surface area contributed by atoms with Crippen LogP contribution in [-0.2, 0) is 6.54 Å². The normalized spacial score (nSPS) is 12.1. The van der Waals surface area contributed by atoms with Gasteiger partial charge in [0.05, 0.1) is 18.7 Å². The van der Waals surface area contributed by atoms with Crippen molar-refractivity contribution >= 4 is 23.4 Å². The van der Waals surface area contributed by atoms with E-state index < -0.39 is 0 Å². The van der Waals surface area contributed by atoms with Crippen LogP contribution < -0.4 is 15.8 Å². The number of methoxy groups -OCH3 is 1. The maximum atomic E-state index is 5.95. The standard InChI is InChI=1S/C18H24N4OS/c1-18(2,3)24-16-11-13(9-10-20-16)12-21-17(19)22-14-5-7-15(23-4)8-6-14/h5-11H,12H2,1-4H3,(H3,19,21,22). The number of aliphatic imine (C=N–C) groups is 1. The van der Waals surface area contributed by atoms with E-state index in [4.69, 9.17) is 10.5 Å². The molecule has 128 valence electrons. The maximum Gasteiger partial charge on any atom is 0.193 e. The highest BCUT2D eigenvalue weighted by molar-refractivity contribution is 8.00. The van der Waals surface area contributed by atoms with Crippen LogP contribution in [0.15, 0.2) is 52.6 Å². The monoisotopic (exact) mass is 344 g/mol. The van der Waals surface area contributed by atoms with Crippen LogP contribution in [0.3, 0.4) is 0 Å². The molecule has 0 aliphatic rings. The number of nitrogens with zero attached hydrogens (tertiary/aromatic N) is 2. The van der Waals surface area contributed by atoms with Gasteiger partial charge < -0.3 is 15.8 Å². The third kappa shape index (κ3) is 6.12. The molecule has 3 N–H and O–H groups in total. The van der Waals surface area contributed by atoms with Crippen molar-refractivity contribution in [2.75, 3.05) is 12.4 Å². The Balaban J connectivity index is 1.97. The van der Waals surface area contributed by atoms with Crippen molar-refractivity contribution < 1.29 is 4.74 Å². The molecule has 0 amide bonds. The molecule has 1 heterocycles. The quantitative estimate of drug-likeness (QED) is 0.489. The number of rotatable bonds is 5. The summed E-state index contributed by atoms with van der Waals surface area (Å²) in [6.07, 6.45) is 1.81. The summed E-state index contributed by atoms with van der Waals surface area (Å²) in [5, 5.41) is 4.06. The second kappa shape index (κ2) is 8.06. The van der Waals surface area contributed by atoms with Crippen LogP contribution in [-0.4, -0.2) is 22.8 Å². The molecular formula is C18H24N4OS. The minimum atomic E-state index is 0.129. The zero-order valence-corrected chi connectivity index (χ0v) is 15.4. The minimum absolute atomic E-state index is 0.129. The van der Waals surface area contributed by atoms with Gasteiger partial charge in [-0.2, -0.15) is 0 Å². The van der Waals surface area contributed by atoms with Crippen molar-refractivity contribution in [1.29, 1.82) is 0 Å². The highest BCUT2D eigenvalue weighted by Crippen LogP contribution is 2.30. The van der Waals surface area contributed by atoms with E-state index in [1.807, 2.05) is 36.5 Å². The van der Waals surface area contributed by atoms with E-state index in [0.29, 0.717) is 12.5 Å². The van der Waals surface area contributed by atoms with Crippen LogP contribution >= 0.6 is 11.8 Å². The summed E-state index contributed by atoms with van der Waals surface area (Å²) >= 11 is 1.74. The van der Waals surface area contributed by atoms with E-state index in [0.717, 1.165) is 22.0 Å². The molecule has 0 saturated heterocycles. The Bertz CT molecular complexity index is 693. The first-order chi connectivity index (χ1) is 11.4. The summed E-state index contributed by atoms with van der Waals surface area (Å²) in [5.74, 6) is 1.18. The van der Waals surface area contributed by atoms with Crippen molar-refractivity contribution in [2.45, 2.75) is 37.1 Å². The number of thioether (sulfide) groups is 1. The summed E-state index contributed by atoms with van der Waals surface area (Å²) in [5.41, 5.74) is 7.90. The van der Waals surface area contributed by atoms with Gasteiger partial charge in [0.2, 0.25) is 0 Å². The van der Waals surface area contributed by atoms with E-state index in [-0.39, 0.29) is 4.75 Å². The summed E-state index contributed by atoms with van der Waals surface area (Å²) in [6, 6.07) is 11.5. The molecule has 0 fully saturated rings. The number of hydrogen-bond acceptors (Lipinski definition) is 4. The van der Waals surface area contributed by atoms with Gasteiger partial charge in [-0.05, 0) is 42.0 Å². The molecule has 5 nitrogen and oxygen atoms in total. The van der Waals surface area contributed by atoms with E-state index in [2.05, 4.69) is 42.1 Å². The zero-order chi connectivity index (χ0) is 17.6. The molecule has 2 aromatic rings. The number of guanidine groups is 1. The van der Waals surface area contributed by atoms with Gasteiger partial charge >= 0.3 is 0 Å². The third-order valence-electron chi connectivity index (χ3n) is 3.00. The molecule has 0 saturated carbocycles. The van der Waals surface area contributed by atoms with Crippen LogP contribution in [0.1, 0.15) is 26.3 Å². The van der Waals surface area contributed by atoms with Gasteiger partial charge in [0.25, 0.3) is 0 Å². The topological polar surface area (TPSA) is 72.5 Å². The van der Waals surface area contributed by atoms with Crippen molar-refractivity contribution in [1.82, 2.24) is 4.98 Å². The summed E-state index contributed by atoms with van der Waals surface area (Å²) < 4.78 is 5.26. The molecule has 0 aliphatic carbocycles. The number of pyridine rings is 1. The SMILES string of the molecule is COc1ccc(NC(N)=NCc2ccnc(SC(C)(C)C)c2)cc1. The number of anilines is 1. The van der Waals surface area contributed by atoms with Gasteiger partial charge in [-0.15, -0.1) is 11.8 Å². The lowest BCUT2D eigenvalue weighted by atomic mass is 10.3. The van der Waals surface area contributed by atoms with E-state index in [1.165, 1.54) is 0 Å². The number of nitrogens with one attached hydrogen (secondary N) is 1. The Hall–Kier alpha value is -2.21. The summed E-state index contributed by atoms with van der Waals surface area (Å²) in [4.78, 5) is 8.78. The first kappa shape index (κ1) is 18.1. The lowest BCUT2D eigenvalue weighted by molar-refractivity contribution is 0.415. The van der Waals surface area contributed by atoms with Crippen molar-refractivity contribution in [3.05, 3.63) is 48.2 Å². The molecule has 0 spiro atoms. The number of benzene rings is 1. The second-order valence-electron chi connectivity index (χ2n) is 6.27. The van der Waals surface area contributed by atoms with E-state index >= 15 is 0 Å². The second-order valence-corrected chi connectivity index (χ2v) is 8.12. The summed E-state index contributed by atoms with van der Waals surface area (Å²) in [7, 11) is 1.64. The fourth-order valence-electron chi connectivity index (χ4n) is 1.96. The fraction of sp³-hybridized carbons (Fsp3) is 0.333. The summed E-state index contributed by atoms with van der Waals surface area (Å²) in [6.45, 7) is 7.01. The molecule has 0 aliphatic heterocycles. The largest absolute Gasteiger partial charge is 0.497 e. The predicted octanol–water partition coefficient (Wildman–Crippen LogP) is 3.91. The molecule has 2 rings (SSSR count). The Morgan fingerprint density at radius 3 is 2.58 bits per heavy atom. The molecule has 0 unspecified atom stereocenters. The first-order valence-electron chi connectivity index (χ1n) is 7.71. The minimum Gasteiger partial charge on any atom is -0.497 e. The van der Waals surface area contributed by atoms with Gasteiger partial charge in [-0.1, -0.05) is 20.8 Å². The van der Waals surface area contributed by atoms with Crippen LogP contribution in [0, 0.1) is 0 Å². The highest BCUT2D eigenvalue weighted by Gasteiger charge is 2.13. The average molecular weight is 344 g/mol. The van der Waals surface area contributed by atoms with Crippen molar-refractivity contribution in [2.24, 2.45) is 10.7 Å². The number of aromatic nitrogens is 1. The van der Waals surface area contributed by atoms with Crippen LogP contribution in [0.4, 0.5) is 5.69 Å². The van der Waals surface area contributed by atoms with Gasteiger partial charge in [-0.25, -0.2) is 9.98 Å².